The van der Waals surface area contributed by atoms with Crippen molar-refractivity contribution in [2.75, 3.05) is 44.7 Å². The second-order valence-corrected chi connectivity index (χ2v) is 9.14. The van der Waals surface area contributed by atoms with Crippen molar-refractivity contribution in [1.29, 1.82) is 5.26 Å². The van der Waals surface area contributed by atoms with Gasteiger partial charge in [-0.05, 0) is 31.5 Å². The van der Waals surface area contributed by atoms with Gasteiger partial charge in [0.05, 0.1) is 4.91 Å². The Balaban J connectivity index is 2.22. The van der Waals surface area contributed by atoms with Crippen molar-refractivity contribution in [3.63, 3.8) is 0 Å². The fraction of sp³-hybridized carbons (Fsp3) is 0.524. The zero-order valence-electron chi connectivity index (χ0n) is 17.9. The summed E-state index contributed by atoms with van der Waals surface area (Å²) in [7, 11) is 1.66. The molecule has 0 N–H and O–H groups in total. The fourth-order valence-electron chi connectivity index (χ4n) is 3.87. The lowest BCUT2D eigenvalue weighted by Gasteiger charge is -2.37. The van der Waals surface area contributed by atoms with Crippen molar-refractivity contribution in [3.05, 3.63) is 31.9 Å². The van der Waals surface area contributed by atoms with Crippen LogP contribution in [-0.4, -0.2) is 64.4 Å². The van der Waals surface area contributed by atoms with Gasteiger partial charge in [-0.2, -0.15) is 5.26 Å². The van der Waals surface area contributed by atoms with Crippen LogP contribution < -0.4 is 10.5 Å². The number of hydrogen-bond acceptors (Lipinski definition) is 7. The highest BCUT2D eigenvalue weighted by Gasteiger charge is 2.31. The summed E-state index contributed by atoms with van der Waals surface area (Å²) in [5.74, 6) is 0.647. The maximum absolute atomic E-state index is 13.1. The molecule has 2 fully saturated rings. The maximum Gasteiger partial charge on any atom is 0.270 e. The topological polar surface area (TPSA) is 72.6 Å². The molecule has 3 rings (SSSR count). The van der Waals surface area contributed by atoms with Gasteiger partial charge in [0.2, 0.25) is 0 Å². The maximum atomic E-state index is 13.1. The van der Waals surface area contributed by atoms with E-state index in [2.05, 4.69) is 22.8 Å². The van der Waals surface area contributed by atoms with Crippen molar-refractivity contribution >= 4 is 46.1 Å². The third kappa shape index (κ3) is 4.04. The SMILES string of the molecule is CCCn1c(N2CCN(CC)CC2)c(C=C2SC(=S)N(C)C2=O)c(C)c(C#N)c1=O. The molecule has 30 heavy (non-hydrogen) atoms. The van der Waals surface area contributed by atoms with Crippen LogP contribution in [0.5, 0.6) is 0 Å². The minimum Gasteiger partial charge on any atom is -0.355 e. The van der Waals surface area contributed by atoms with Gasteiger partial charge in [-0.25, -0.2) is 0 Å². The average Bonchev–Trinajstić information content (AvgIpc) is 2.99. The van der Waals surface area contributed by atoms with E-state index in [9.17, 15) is 14.9 Å². The molecule has 0 atom stereocenters. The summed E-state index contributed by atoms with van der Waals surface area (Å²) in [5.41, 5.74) is 1.25. The largest absolute Gasteiger partial charge is 0.355 e. The zero-order chi connectivity index (χ0) is 22.0. The molecule has 2 aliphatic rings. The lowest BCUT2D eigenvalue weighted by Crippen LogP contribution is -2.48. The van der Waals surface area contributed by atoms with Gasteiger partial charge in [0.25, 0.3) is 11.5 Å². The van der Waals surface area contributed by atoms with Gasteiger partial charge in [0, 0.05) is 45.3 Å². The Bertz CT molecular complexity index is 1000. The first-order valence-electron chi connectivity index (χ1n) is 10.2. The van der Waals surface area contributed by atoms with Crippen LogP contribution in [-0.2, 0) is 11.3 Å². The number of carbonyl (C=O) groups is 1. The summed E-state index contributed by atoms with van der Waals surface area (Å²) < 4.78 is 2.22. The second kappa shape index (κ2) is 9.33. The van der Waals surface area contributed by atoms with Crippen LogP contribution in [0.15, 0.2) is 9.70 Å². The number of carbonyl (C=O) groups excluding carboxylic acids is 1. The van der Waals surface area contributed by atoms with Crippen LogP contribution >= 0.6 is 24.0 Å². The van der Waals surface area contributed by atoms with E-state index >= 15 is 0 Å². The first-order chi connectivity index (χ1) is 14.3. The van der Waals surface area contributed by atoms with Crippen molar-refractivity contribution in [2.45, 2.75) is 33.7 Å². The van der Waals surface area contributed by atoms with Gasteiger partial charge in [0.15, 0.2) is 0 Å². The van der Waals surface area contributed by atoms with E-state index in [4.69, 9.17) is 12.2 Å². The number of anilines is 1. The highest BCUT2D eigenvalue weighted by molar-refractivity contribution is 8.26. The van der Waals surface area contributed by atoms with Crippen molar-refractivity contribution < 1.29 is 4.79 Å². The summed E-state index contributed by atoms with van der Waals surface area (Å²) in [6, 6.07) is 2.09. The van der Waals surface area contributed by atoms with E-state index in [0.29, 0.717) is 21.3 Å². The van der Waals surface area contributed by atoms with Crippen LogP contribution in [0.1, 0.15) is 37.0 Å². The third-order valence-electron chi connectivity index (χ3n) is 5.67. The van der Waals surface area contributed by atoms with Gasteiger partial charge in [-0.15, -0.1) is 0 Å². The van der Waals surface area contributed by atoms with Crippen molar-refractivity contribution in [3.8, 4) is 6.07 Å². The molecule has 9 heteroatoms. The lowest BCUT2D eigenvalue weighted by atomic mass is 10.0. The number of thioether (sulfide) groups is 1. The normalized spacial score (nSPS) is 19.1. The molecule has 0 unspecified atom stereocenters. The van der Waals surface area contributed by atoms with Gasteiger partial charge < -0.3 is 9.80 Å². The second-order valence-electron chi connectivity index (χ2n) is 7.47. The molecular formula is C21H27N5O2S2. The van der Waals surface area contributed by atoms with Gasteiger partial charge >= 0.3 is 0 Å². The molecular weight excluding hydrogens is 418 g/mol. The van der Waals surface area contributed by atoms with E-state index < -0.39 is 0 Å². The summed E-state index contributed by atoms with van der Waals surface area (Å²) in [4.78, 5) is 32.3. The molecule has 0 spiro atoms. The highest BCUT2D eigenvalue weighted by atomic mass is 32.2. The smallest absolute Gasteiger partial charge is 0.270 e. The minimum atomic E-state index is -0.259. The fourth-order valence-corrected chi connectivity index (χ4v) is 5.03. The number of rotatable bonds is 5. The number of piperazine rings is 1. The Morgan fingerprint density at radius 2 is 1.87 bits per heavy atom. The Kier molecular flexibility index (Phi) is 7.01. The first-order valence-corrected chi connectivity index (χ1v) is 11.4. The molecule has 160 valence electrons. The van der Waals surface area contributed by atoms with Crippen LogP contribution in [0.2, 0.25) is 0 Å². The first kappa shape index (κ1) is 22.5. The Hall–Kier alpha value is -2.15. The molecule has 0 bridgehead atoms. The van der Waals surface area contributed by atoms with Crippen molar-refractivity contribution in [1.82, 2.24) is 14.4 Å². The van der Waals surface area contributed by atoms with E-state index in [1.807, 2.05) is 13.0 Å². The predicted octanol–water partition coefficient (Wildman–Crippen LogP) is 2.41. The highest BCUT2D eigenvalue weighted by Crippen LogP contribution is 2.35. The summed E-state index contributed by atoms with van der Waals surface area (Å²) in [5, 5.41) is 9.68. The van der Waals surface area contributed by atoms with Crippen LogP contribution in [0.25, 0.3) is 6.08 Å². The Labute approximate surface area is 186 Å². The number of aromatic nitrogens is 1. The molecule has 0 aromatic carbocycles. The molecule has 0 radical (unpaired) electrons. The van der Waals surface area contributed by atoms with Crippen LogP contribution in [0.3, 0.4) is 0 Å². The van der Waals surface area contributed by atoms with E-state index in [1.165, 1.54) is 16.7 Å². The summed E-state index contributed by atoms with van der Waals surface area (Å²) in [6.45, 7) is 10.9. The van der Waals surface area contributed by atoms with Crippen molar-refractivity contribution in [2.24, 2.45) is 0 Å². The molecule has 1 amide bonds. The number of nitriles is 1. The minimum absolute atomic E-state index is 0.137. The standard InChI is InChI=1S/C21H27N5O2S2/c1-5-7-26-18(25-10-8-24(6-2)9-11-25)15(14(3)16(13-22)19(26)27)12-17-20(28)23(4)21(29)30-17/h12H,5-11H2,1-4H3. The Morgan fingerprint density at radius 3 is 2.37 bits per heavy atom. The van der Waals surface area contributed by atoms with E-state index in [0.717, 1.165) is 50.5 Å². The lowest BCUT2D eigenvalue weighted by molar-refractivity contribution is -0.121. The molecule has 2 aliphatic heterocycles. The average molecular weight is 446 g/mol. The molecule has 0 saturated carbocycles. The number of nitrogens with zero attached hydrogens (tertiary/aromatic N) is 5. The van der Waals surface area contributed by atoms with Gasteiger partial charge in [-0.1, -0.05) is 37.8 Å². The van der Waals surface area contributed by atoms with Crippen LogP contribution in [0, 0.1) is 18.3 Å². The number of hydrogen-bond donors (Lipinski definition) is 0. The molecule has 1 aromatic heterocycles. The molecule has 1 aromatic rings. The molecule has 0 aliphatic carbocycles. The van der Waals surface area contributed by atoms with Crippen LogP contribution in [0.4, 0.5) is 5.82 Å². The van der Waals surface area contributed by atoms with Gasteiger partial charge in [0.1, 0.15) is 21.8 Å². The number of amides is 1. The predicted molar refractivity (Wildman–Crippen MR) is 126 cm³/mol. The Morgan fingerprint density at radius 1 is 1.20 bits per heavy atom. The molecule has 2 saturated heterocycles. The third-order valence-corrected chi connectivity index (χ3v) is 7.16. The molecule has 7 nitrogen and oxygen atoms in total. The van der Waals surface area contributed by atoms with Gasteiger partial charge in [-0.3, -0.25) is 19.1 Å². The summed E-state index contributed by atoms with van der Waals surface area (Å²) in [6.07, 6.45) is 2.58. The van der Waals surface area contributed by atoms with E-state index in [-0.39, 0.29) is 17.0 Å². The number of thiocarbonyl (C=S) groups is 1. The monoisotopic (exact) mass is 445 g/mol. The summed E-state index contributed by atoms with van der Waals surface area (Å²) >= 11 is 6.52. The zero-order valence-corrected chi connectivity index (χ0v) is 19.5. The number of likely N-dealkylation sites (N-methyl/N-ethyl adjacent to an activating group) is 2. The molecule has 3 heterocycles. The van der Waals surface area contributed by atoms with E-state index in [1.54, 1.807) is 18.5 Å². The quantitative estimate of drug-likeness (QED) is 0.509. The number of pyridine rings is 1.